The van der Waals surface area contributed by atoms with Crippen molar-refractivity contribution in [3.05, 3.63) is 35.1 Å². The molecule has 3 unspecified atom stereocenters. The van der Waals surface area contributed by atoms with Gasteiger partial charge in [-0.1, -0.05) is 18.9 Å². The fraction of sp³-hybridized carbons (Fsp3) is 0.600. The van der Waals surface area contributed by atoms with Crippen LogP contribution in [-0.2, 0) is 0 Å². The maximum atomic E-state index is 13.3. The van der Waals surface area contributed by atoms with E-state index in [1.807, 2.05) is 0 Å². The first-order valence-corrected chi connectivity index (χ1v) is 6.81. The van der Waals surface area contributed by atoms with Crippen molar-refractivity contribution >= 4 is 0 Å². The Balaban J connectivity index is 2.30. The minimum atomic E-state index is -4.31. The standard InChI is InChI=1S/C15H18F4O/c1-9-6-7-10(16)8-12(9)14(20)11-4-2-3-5-13(11)15(17,18)19/h6-8,11,13-14,20H,2-5H2,1H3. The summed E-state index contributed by atoms with van der Waals surface area (Å²) in [5.74, 6) is -2.93. The van der Waals surface area contributed by atoms with E-state index < -0.39 is 29.9 Å². The zero-order valence-corrected chi connectivity index (χ0v) is 11.3. The number of rotatable bonds is 2. The smallest absolute Gasteiger partial charge is 0.388 e. The molecule has 2 rings (SSSR count). The highest BCUT2D eigenvalue weighted by molar-refractivity contribution is 5.29. The number of aryl methyl sites for hydroxylation is 1. The summed E-state index contributed by atoms with van der Waals surface area (Å²) in [5.41, 5.74) is 0.886. The van der Waals surface area contributed by atoms with Crippen molar-refractivity contribution in [2.24, 2.45) is 11.8 Å². The molecule has 0 saturated heterocycles. The van der Waals surface area contributed by atoms with Crippen molar-refractivity contribution in [1.82, 2.24) is 0 Å². The molecule has 1 nitrogen and oxygen atoms in total. The van der Waals surface area contributed by atoms with Crippen LogP contribution in [0.4, 0.5) is 17.6 Å². The van der Waals surface area contributed by atoms with Crippen LogP contribution >= 0.6 is 0 Å². The molecule has 0 amide bonds. The Morgan fingerprint density at radius 3 is 2.50 bits per heavy atom. The molecule has 0 aromatic heterocycles. The van der Waals surface area contributed by atoms with Crippen molar-refractivity contribution in [2.45, 2.75) is 44.9 Å². The second-order valence-corrected chi connectivity index (χ2v) is 5.54. The van der Waals surface area contributed by atoms with Crippen LogP contribution in [0.25, 0.3) is 0 Å². The molecule has 0 radical (unpaired) electrons. The molecule has 1 saturated carbocycles. The summed E-state index contributed by atoms with van der Waals surface area (Å²) >= 11 is 0. The van der Waals surface area contributed by atoms with Gasteiger partial charge in [-0.05, 0) is 43.0 Å². The van der Waals surface area contributed by atoms with Gasteiger partial charge in [0.1, 0.15) is 5.82 Å². The van der Waals surface area contributed by atoms with E-state index in [2.05, 4.69) is 0 Å². The number of hydrogen-bond donors (Lipinski definition) is 1. The van der Waals surface area contributed by atoms with Crippen LogP contribution in [0.15, 0.2) is 18.2 Å². The van der Waals surface area contributed by atoms with Gasteiger partial charge in [-0.15, -0.1) is 0 Å². The molecule has 112 valence electrons. The van der Waals surface area contributed by atoms with Gasteiger partial charge < -0.3 is 5.11 Å². The van der Waals surface area contributed by atoms with Gasteiger partial charge in [0.15, 0.2) is 0 Å². The van der Waals surface area contributed by atoms with Crippen LogP contribution in [-0.4, -0.2) is 11.3 Å². The van der Waals surface area contributed by atoms with Crippen LogP contribution in [0.3, 0.4) is 0 Å². The predicted octanol–water partition coefficient (Wildman–Crippen LogP) is 4.54. The number of halogens is 4. The van der Waals surface area contributed by atoms with Crippen molar-refractivity contribution in [3.8, 4) is 0 Å². The first-order valence-electron chi connectivity index (χ1n) is 6.81. The number of aliphatic hydroxyl groups excluding tert-OH is 1. The predicted molar refractivity (Wildman–Crippen MR) is 67.6 cm³/mol. The van der Waals surface area contributed by atoms with E-state index in [0.29, 0.717) is 24.8 Å². The number of alkyl halides is 3. The third-order valence-electron chi connectivity index (χ3n) is 4.21. The average Bonchev–Trinajstić information content (AvgIpc) is 2.40. The first-order chi connectivity index (χ1) is 9.30. The second-order valence-electron chi connectivity index (χ2n) is 5.54. The van der Waals surface area contributed by atoms with Gasteiger partial charge in [0.25, 0.3) is 0 Å². The summed E-state index contributed by atoms with van der Waals surface area (Å²) in [6.45, 7) is 1.67. The molecule has 0 heterocycles. The topological polar surface area (TPSA) is 20.2 Å². The molecular formula is C15H18F4O. The summed E-state index contributed by atoms with van der Waals surface area (Å²) in [6.07, 6.45) is -4.02. The lowest BCUT2D eigenvalue weighted by Gasteiger charge is -2.36. The van der Waals surface area contributed by atoms with Gasteiger partial charge in [0.05, 0.1) is 12.0 Å². The van der Waals surface area contributed by atoms with Crippen LogP contribution < -0.4 is 0 Å². The number of hydrogen-bond acceptors (Lipinski definition) is 1. The van der Waals surface area contributed by atoms with E-state index in [-0.39, 0.29) is 12.0 Å². The minimum absolute atomic E-state index is 0.0413. The molecular weight excluding hydrogens is 272 g/mol. The normalized spacial score (nSPS) is 25.5. The molecule has 3 atom stereocenters. The zero-order valence-electron chi connectivity index (χ0n) is 11.3. The third kappa shape index (κ3) is 3.14. The monoisotopic (exact) mass is 290 g/mol. The molecule has 1 aliphatic carbocycles. The van der Waals surface area contributed by atoms with Crippen molar-refractivity contribution < 1.29 is 22.7 Å². The van der Waals surface area contributed by atoms with Crippen molar-refractivity contribution in [3.63, 3.8) is 0 Å². The van der Waals surface area contributed by atoms with Gasteiger partial charge in [-0.25, -0.2) is 4.39 Å². The quantitative estimate of drug-likeness (QED) is 0.793. The highest BCUT2D eigenvalue weighted by Gasteiger charge is 2.48. The molecule has 0 bridgehead atoms. The molecule has 20 heavy (non-hydrogen) atoms. The van der Waals surface area contributed by atoms with E-state index >= 15 is 0 Å². The highest BCUT2D eigenvalue weighted by Crippen LogP contribution is 2.46. The van der Waals surface area contributed by atoms with Gasteiger partial charge in [-0.3, -0.25) is 0 Å². The molecule has 1 aromatic carbocycles. The van der Waals surface area contributed by atoms with Crippen LogP contribution in [0.1, 0.15) is 42.9 Å². The molecule has 0 aliphatic heterocycles. The Morgan fingerprint density at radius 1 is 1.20 bits per heavy atom. The Bertz CT molecular complexity index is 469. The summed E-state index contributed by atoms with van der Waals surface area (Å²) in [7, 11) is 0. The molecule has 1 aliphatic rings. The maximum absolute atomic E-state index is 13.3. The van der Waals surface area contributed by atoms with Crippen LogP contribution in [0.5, 0.6) is 0 Å². The average molecular weight is 290 g/mol. The van der Waals surface area contributed by atoms with Crippen molar-refractivity contribution in [2.75, 3.05) is 0 Å². The van der Waals surface area contributed by atoms with Crippen LogP contribution in [0, 0.1) is 24.6 Å². The lowest BCUT2D eigenvalue weighted by Crippen LogP contribution is -2.36. The zero-order chi connectivity index (χ0) is 14.9. The Morgan fingerprint density at radius 2 is 1.85 bits per heavy atom. The highest BCUT2D eigenvalue weighted by atomic mass is 19.4. The molecule has 5 heteroatoms. The lowest BCUT2D eigenvalue weighted by molar-refractivity contribution is -0.207. The SMILES string of the molecule is Cc1ccc(F)cc1C(O)C1CCCCC1C(F)(F)F. The van der Waals surface area contributed by atoms with E-state index in [1.165, 1.54) is 12.1 Å². The molecule has 1 N–H and O–H groups in total. The molecule has 1 aromatic rings. The molecule has 1 fully saturated rings. The van der Waals surface area contributed by atoms with Gasteiger partial charge >= 0.3 is 6.18 Å². The summed E-state index contributed by atoms with van der Waals surface area (Å²) in [4.78, 5) is 0. The van der Waals surface area contributed by atoms with Gasteiger partial charge in [-0.2, -0.15) is 13.2 Å². The Kier molecular flexibility index (Phi) is 4.37. The Hall–Kier alpha value is -1.10. The summed E-state index contributed by atoms with van der Waals surface area (Å²) in [5, 5.41) is 10.3. The maximum Gasteiger partial charge on any atom is 0.392 e. The van der Waals surface area contributed by atoms with Crippen molar-refractivity contribution in [1.29, 1.82) is 0 Å². The largest absolute Gasteiger partial charge is 0.392 e. The fourth-order valence-corrected chi connectivity index (χ4v) is 3.10. The lowest BCUT2D eigenvalue weighted by atomic mass is 9.73. The first kappa shape index (κ1) is 15.3. The molecule has 0 spiro atoms. The minimum Gasteiger partial charge on any atom is -0.388 e. The van der Waals surface area contributed by atoms with E-state index in [4.69, 9.17) is 0 Å². The second kappa shape index (κ2) is 5.72. The fourth-order valence-electron chi connectivity index (χ4n) is 3.10. The number of aliphatic hydroxyl groups is 1. The van der Waals surface area contributed by atoms with Crippen LogP contribution in [0.2, 0.25) is 0 Å². The van der Waals surface area contributed by atoms with Gasteiger partial charge in [0.2, 0.25) is 0 Å². The third-order valence-corrected chi connectivity index (χ3v) is 4.21. The Labute approximate surface area is 115 Å². The van der Waals surface area contributed by atoms with E-state index in [1.54, 1.807) is 6.92 Å². The summed E-state index contributed by atoms with van der Waals surface area (Å²) < 4.78 is 52.5. The van der Waals surface area contributed by atoms with E-state index in [0.717, 1.165) is 6.07 Å². The summed E-state index contributed by atoms with van der Waals surface area (Å²) in [6, 6.07) is 3.87. The number of benzene rings is 1. The van der Waals surface area contributed by atoms with E-state index in [9.17, 15) is 22.7 Å². The van der Waals surface area contributed by atoms with Gasteiger partial charge in [0, 0.05) is 5.92 Å².